The van der Waals surface area contributed by atoms with Gasteiger partial charge in [-0.1, -0.05) is 13.0 Å². The van der Waals surface area contributed by atoms with Crippen molar-refractivity contribution < 1.29 is 9.53 Å². The number of aliphatic imine (C=N–C) groups is 1. The van der Waals surface area contributed by atoms with Gasteiger partial charge in [-0.2, -0.15) is 0 Å². The molecule has 1 aromatic carbocycles. The van der Waals surface area contributed by atoms with Gasteiger partial charge in [-0.25, -0.2) is 4.98 Å². The van der Waals surface area contributed by atoms with E-state index in [1.807, 2.05) is 36.4 Å². The standard InChI is InChI=1S/C18H19N3O2/c1-3-4-7-17(19-2)21-15-8-10-16(11-9-15)23-18-14(13-22)6-5-12-20-18/h4-13H,3H2,1-2H3,(H,19,21)/b7-4-. The summed E-state index contributed by atoms with van der Waals surface area (Å²) in [6.45, 7) is 2.07. The Labute approximate surface area is 135 Å². The highest BCUT2D eigenvalue weighted by Gasteiger charge is 2.05. The SMILES string of the molecule is CC/C=C\C(=NC)Nc1ccc(Oc2ncccc2C=O)cc1. The van der Waals surface area contributed by atoms with Gasteiger partial charge in [0, 0.05) is 18.9 Å². The van der Waals surface area contributed by atoms with Gasteiger partial charge in [0.15, 0.2) is 6.29 Å². The lowest BCUT2D eigenvalue weighted by Gasteiger charge is -2.09. The molecule has 0 fully saturated rings. The highest BCUT2D eigenvalue weighted by atomic mass is 16.5. The predicted molar refractivity (Wildman–Crippen MR) is 92.6 cm³/mol. The maximum absolute atomic E-state index is 11.0. The number of hydrogen-bond acceptors (Lipinski definition) is 4. The van der Waals surface area contributed by atoms with Crippen molar-refractivity contribution in [3.63, 3.8) is 0 Å². The van der Waals surface area contributed by atoms with E-state index < -0.39 is 0 Å². The molecular weight excluding hydrogens is 290 g/mol. The molecule has 5 nitrogen and oxygen atoms in total. The van der Waals surface area contributed by atoms with Crippen LogP contribution in [0.2, 0.25) is 0 Å². The van der Waals surface area contributed by atoms with Gasteiger partial charge in [-0.3, -0.25) is 9.79 Å². The van der Waals surface area contributed by atoms with E-state index in [9.17, 15) is 4.79 Å². The van der Waals surface area contributed by atoms with Crippen LogP contribution in [0.15, 0.2) is 59.7 Å². The summed E-state index contributed by atoms with van der Waals surface area (Å²) in [6, 6.07) is 10.7. The largest absolute Gasteiger partial charge is 0.438 e. The fourth-order valence-corrected chi connectivity index (χ4v) is 1.85. The van der Waals surface area contributed by atoms with Crippen LogP contribution in [-0.4, -0.2) is 24.2 Å². The summed E-state index contributed by atoms with van der Waals surface area (Å²) >= 11 is 0. The van der Waals surface area contributed by atoms with Crippen LogP contribution >= 0.6 is 0 Å². The van der Waals surface area contributed by atoms with Crippen molar-refractivity contribution in [1.82, 2.24) is 4.98 Å². The molecule has 0 aliphatic carbocycles. The first-order chi connectivity index (χ1) is 11.3. The zero-order valence-corrected chi connectivity index (χ0v) is 13.2. The Morgan fingerprint density at radius 1 is 1.30 bits per heavy atom. The Hall–Kier alpha value is -2.95. The van der Waals surface area contributed by atoms with Crippen LogP contribution in [-0.2, 0) is 0 Å². The minimum absolute atomic E-state index is 0.296. The second-order valence-electron chi connectivity index (χ2n) is 4.69. The number of allylic oxidation sites excluding steroid dienone is 1. The van der Waals surface area contributed by atoms with Crippen LogP contribution in [0.1, 0.15) is 23.7 Å². The highest BCUT2D eigenvalue weighted by molar-refractivity contribution is 6.03. The quantitative estimate of drug-likeness (QED) is 0.496. The summed E-state index contributed by atoms with van der Waals surface area (Å²) in [5.41, 5.74) is 1.31. The second kappa shape index (κ2) is 8.48. The van der Waals surface area contributed by atoms with E-state index in [0.717, 1.165) is 24.2 Å². The van der Waals surface area contributed by atoms with Gasteiger partial charge in [-0.15, -0.1) is 0 Å². The van der Waals surface area contributed by atoms with Gasteiger partial charge >= 0.3 is 0 Å². The maximum Gasteiger partial charge on any atom is 0.229 e. The molecule has 118 valence electrons. The summed E-state index contributed by atoms with van der Waals surface area (Å²) in [6.07, 6.45) is 7.24. The first kappa shape index (κ1) is 16.4. The van der Waals surface area contributed by atoms with E-state index >= 15 is 0 Å². The molecule has 2 aromatic rings. The van der Waals surface area contributed by atoms with Crippen molar-refractivity contribution in [3.05, 3.63) is 60.3 Å². The number of anilines is 1. The fourth-order valence-electron chi connectivity index (χ4n) is 1.85. The summed E-state index contributed by atoms with van der Waals surface area (Å²) in [7, 11) is 1.74. The molecule has 1 N–H and O–H groups in total. The number of hydrogen-bond donors (Lipinski definition) is 1. The zero-order valence-electron chi connectivity index (χ0n) is 13.2. The highest BCUT2D eigenvalue weighted by Crippen LogP contribution is 2.23. The van der Waals surface area contributed by atoms with Crippen LogP contribution in [0.3, 0.4) is 0 Å². The monoisotopic (exact) mass is 309 g/mol. The number of nitrogens with one attached hydrogen (secondary N) is 1. The van der Waals surface area contributed by atoms with Crippen LogP contribution in [0.25, 0.3) is 0 Å². The number of amidine groups is 1. The maximum atomic E-state index is 11.0. The molecule has 0 bridgehead atoms. The lowest BCUT2D eigenvalue weighted by molar-refractivity contribution is 0.112. The molecule has 1 heterocycles. The molecular formula is C18H19N3O2. The molecule has 0 atom stereocenters. The van der Waals surface area contributed by atoms with E-state index in [2.05, 4.69) is 22.2 Å². The lowest BCUT2D eigenvalue weighted by atomic mass is 10.2. The van der Waals surface area contributed by atoms with Crippen molar-refractivity contribution in [2.75, 3.05) is 12.4 Å². The third-order valence-electron chi connectivity index (χ3n) is 3.02. The van der Waals surface area contributed by atoms with E-state index in [4.69, 9.17) is 4.74 Å². The zero-order chi connectivity index (χ0) is 16.5. The topological polar surface area (TPSA) is 63.6 Å². The summed E-state index contributed by atoms with van der Waals surface area (Å²) in [4.78, 5) is 19.2. The summed E-state index contributed by atoms with van der Waals surface area (Å²) in [5.74, 6) is 1.69. The molecule has 5 heteroatoms. The summed E-state index contributed by atoms with van der Waals surface area (Å²) in [5, 5.41) is 3.21. The van der Waals surface area contributed by atoms with Crippen molar-refractivity contribution in [2.24, 2.45) is 4.99 Å². The van der Waals surface area contributed by atoms with Gasteiger partial charge in [-0.05, 0) is 48.9 Å². The van der Waals surface area contributed by atoms with Crippen LogP contribution in [0.5, 0.6) is 11.6 Å². The molecule has 0 unspecified atom stereocenters. The van der Waals surface area contributed by atoms with Crippen LogP contribution < -0.4 is 10.1 Å². The molecule has 0 aliphatic heterocycles. The average molecular weight is 309 g/mol. The van der Waals surface area contributed by atoms with Crippen molar-refractivity contribution >= 4 is 17.8 Å². The Bertz CT molecular complexity index is 706. The lowest BCUT2D eigenvalue weighted by Crippen LogP contribution is -2.08. The minimum atomic E-state index is 0.296. The third kappa shape index (κ3) is 4.78. The number of carbonyl (C=O) groups is 1. The fraction of sp³-hybridized carbons (Fsp3) is 0.167. The number of nitrogens with zero attached hydrogens (tertiary/aromatic N) is 2. The van der Waals surface area contributed by atoms with Crippen LogP contribution in [0, 0.1) is 0 Å². The molecule has 1 aromatic heterocycles. The van der Waals surface area contributed by atoms with Crippen molar-refractivity contribution in [1.29, 1.82) is 0 Å². The molecule has 2 rings (SSSR count). The Balaban J connectivity index is 2.07. The van der Waals surface area contributed by atoms with Gasteiger partial charge < -0.3 is 10.1 Å². The number of carbonyl (C=O) groups excluding carboxylic acids is 1. The molecule has 0 aliphatic rings. The number of rotatable bonds is 6. The van der Waals surface area contributed by atoms with E-state index in [-0.39, 0.29) is 0 Å². The smallest absolute Gasteiger partial charge is 0.229 e. The van der Waals surface area contributed by atoms with Crippen molar-refractivity contribution in [3.8, 4) is 11.6 Å². The van der Waals surface area contributed by atoms with Gasteiger partial charge in [0.2, 0.25) is 5.88 Å². The van der Waals surface area contributed by atoms with Crippen LogP contribution in [0.4, 0.5) is 5.69 Å². The van der Waals surface area contributed by atoms with E-state index in [0.29, 0.717) is 17.2 Å². The molecule has 0 amide bonds. The Morgan fingerprint density at radius 3 is 2.74 bits per heavy atom. The number of benzene rings is 1. The average Bonchev–Trinajstić information content (AvgIpc) is 2.60. The number of ether oxygens (including phenoxy) is 1. The Kier molecular flexibility index (Phi) is 6.06. The number of aromatic nitrogens is 1. The van der Waals surface area contributed by atoms with Gasteiger partial charge in [0.05, 0.1) is 5.56 Å². The third-order valence-corrected chi connectivity index (χ3v) is 3.02. The van der Waals surface area contributed by atoms with Crippen molar-refractivity contribution in [2.45, 2.75) is 13.3 Å². The molecule has 23 heavy (non-hydrogen) atoms. The van der Waals surface area contributed by atoms with E-state index in [1.54, 1.807) is 25.4 Å². The first-order valence-electron chi connectivity index (χ1n) is 7.35. The molecule has 0 radical (unpaired) electrons. The predicted octanol–water partition coefficient (Wildman–Crippen LogP) is 4.09. The summed E-state index contributed by atoms with van der Waals surface area (Å²) < 4.78 is 5.64. The Morgan fingerprint density at radius 2 is 2.09 bits per heavy atom. The number of pyridine rings is 1. The first-order valence-corrected chi connectivity index (χ1v) is 7.35. The van der Waals surface area contributed by atoms with E-state index in [1.165, 1.54) is 0 Å². The molecule has 0 saturated heterocycles. The van der Waals surface area contributed by atoms with Gasteiger partial charge in [0.25, 0.3) is 0 Å². The molecule has 0 saturated carbocycles. The normalized spacial score (nSPS) is 11.5. The van der Waals surface area contributed by atoms with Gasteiger partial charge in [0.1, 0.15) is 11.6 Å². The molecule has 0 spiro atoms. The minimum Gasteiger partial charge on any atom is -0.438 e. The second-order valence-corrected chi connectivity index (χ2v) is 4.69. The number of aldehydes is 1.